The van der Waals surface area contributed by atoms with Crippen molar-refractivity contribution in [3.8, 4) is 0 Å². The molecule has 0 radical (unpaired) electrons. The standard InChI is InChI=1S/C18H22N4O4S/c1-3-13-7-9-14(10-8-13)19-16(24)11-26-17(25)6-4-5-15(23)20-18-22-21-12(2)27-18/h7-10H,3-6,11H2,1-2H3,(H,19,24)(H,20,22,23). The lowest BCUT2D eigenvalue weighted by atomic mass is 10.1. The smallest absolute Gasteiger partial charge is 0.306 e. The van der Waals surface area contributed by atoms with Gasteiger partial charge in [-0.2, -0.15) is 0 Å². The van der Waals surface area contributed by atoms with Crippen molar-refractivity contribution in [2.24, 2.45) is 0 Å². The van der Waals surface area contributed by atoms with Crippen LogP contribution < -0.4 is 10.6 Å². The summed E-state index contributed by atoms with van der Waals surface area (Å²) in [6.45, 7) is 3.48. The topological polar surface area (TPSA) is 110 Å². The average Bonchev–Trinajstić information content (AvgIpc) is 3.05. The molecular weight excluding hydrogens is 368 g/mol. The van der Waals surface area contributed by atoms with E-state index in [9.17, 15) is 14.4 Å². The van der Waals surface area contributed by atoms with Crippen LogP contribution in [0.2, 0.25) is 0 Å². The highest BCUT2D eigenvalue weighted by Crippen LogP contribution is 2.14. The van der Waals surface area contributed by atoms with Gasteiger partial charge >= 0.3 is 5.97 Å². The van der Waals surface area contributed by atoms with Gasteiger partial charge in [0.05, 0.1) is 0 Å². The third-order valence-electron chi connectivity index (χ3n) is 3.57. The Balaban J connectivity index is 1.60. The Morgan fingerprint density at radius 3 is 2.41 bits per heavy atom. The highest BCUT2D eigenvalue weighted by atomic mass is 32.1. The maximum absolute atomic E-state index is 11.8. The van der Waals surface area contributed by atoms with E-state index in [0.717, 1.165) is 11.4 Å². The minimum atomic E-state index is -0.522. The number of nitrogens with zero attached hydrogens (tertiary/aromatic N) is 2. The molecule has 0 spiro atoms. The summed E-state index contributed by atoms with van der Waals surface area (Å²) >= 11 is 1.28. The van der Waals surface area contributed by atoms with Crippen molar-refractivity contribution in [2.45, 2.75) is 39.5 Å². The normalized spacial score (nSPS) is 10.3. The van der Waals surface area contributed by atoms with Gasteiger partial charge in [-0.1, -0.05) is 30.4 Å². The molecule has 2 rings (SSSR count). The first kappa shape index (κ1) is 20.5. The first-order valence-corrected chi connectivity index (χ1v) is 9.42. The SMILES string of the molecule is CCc1ccc(NC(=O)COC(=O)CCCC(=O)Nc2nnc(C)s2)cc1. The number of hydrogen-bond acceptors (Lipinski definition) is 7. The molecule has 1 heterocycles. The van der Waals surface area contributed by atoms with Crippen LogP contribution in [-0.2, 0) is 25.5 Å². The third-order valence-corrected chi connectivity index (χ3v) is 4.32. The van der Waals surface area contributed by atoms with Crippen molar-refractivity contribution in [1.82, 2.24) is 10.2 Å². The van der Waals surface area contributed by atoms with Gasteiger partial charge < -0.3 is 15.4 Å². The highest BCUT2D eigenvalue weighted by Gasteiger charge is 2.11. The zero-order chi connectivity index (χ0) is 19.6. The number of ether oxygens (including phenoxy) is 1. The number of carbonyl (C=O) groups is 3. The Hall–Kier alpha value is -2.81. The van der Waals surface area contributed by atoms with E-state index in [1.807, 2.05) is 19.1 Å². The van der Waals surface area contributed by atoms with E-state index in [0.29, 0.717) is 17.2 Å². The van der Waals surface area contributed by atoms with Crippen LogP contribution in [0.1, 0.15) is 36.8 Å². The Labute approximate surface area is 161 Å². The number of nitrogens with one attached hydrogen (secondary N) is 2. The number of rotatable bonds is 9. The number of anilines is 2. The van der Waals surface area contributed by atoms with E-state index in [1.54, 1.807) is 19.1 Å². The lowest BCUT2D eigenvalue weighted by Crippen LogP contribution is -2.21. The third kappa shape index (κ3) is 7.53. The summed E-state index contributed by atoms with van der Waals surface area (Å²) in [5.41, 5.74) is 1.82. The second-order valence-corrected chi connectivity index (χ2v) is 6.97. The van der Waals surface area contributed by atoms with E-state index in [-0.39, 0.29) is 25.4 Å². The van der Waals surface area contributed by atoms with E-state index in [2.05, 4.69) is 20.8 Å². The van der Waals surface area contributed by atoms with Crippen LogP contribution in [0.25, 0.3) is 0 Å². The van der Waals surface area contributed by atoms with Crippen LogP contribution in [0.5, 0.6) is 0 Å². The van der Waals surface area contributed by atoms with Gasteiger partial charge in [0.1, 0.15) is 5.01 Å². The van der Waals surface area contributed by atoms with Crippen molar-refractivity contribution >= 4 is 39.9 Å². The van der Waals surface area contributed by atoms with Crippen molar-refractivity contribution in [3.63, 3.8) is 0 Å². The van der Waals surface area contributed by atoms with Crippen LogP contribution in [-0.4, -0.2) is 34.6 Å². The second-order valence-electron chi connectivity index (χ2n) is 5.79. The van der Waals surface area contributed by atoms with Gasteiger partial charge in [-0.05, 0) is 37.5 Å². The molecule has 0 aliphatic rings. The number of carbonyl (C=O) groups excluding carboxylic acids is 3. The van der Waals surface area contributed by atoms with Gasteiger partial charge in [0.15, 0.2) is 6.61 Å². The molecule has 8 nitrogen and oxygen atoms in total. The fraction of sp³-hybridized carbons (Fsp3) is 0.389. The molecule has 2 N–H and O–H groups in total. The second kappa shape index (κ2) is 10.4. The van der Waals surface area contributed by atoms with Gasteiger partial charge in [0.2, 0.25) is 11.0 Å². The van der Waals surface area contributed by atoms with E-state index < -0.39 is 11.9 Å². The number of aromatic nitrogens is 2. The zero-order valence-electron chi connectivity index (χ0n) is 15.3. The Morgan fingerprint density at radius 1 is 1.04 bits per heavy atom. The molecular formula is C18H22N4O4S. The maximum atomic E-state index is 11.8. The predicted octanol–water partition coefficient (Wildman–Crippen LogP) is 2.70. The Bertz CT molecular complexity index is 789. The predicted molar refractivity (Wildman–Crippen MR) is 103 cm³/mol. The number of benzene rings is 1. The lowest BCUT2D eigenvalue weighted by Gasteiger charge is -2.07. The van der Waals surface area contributed by atoms with Crippen molar-refractivity contribution in [2.75, 3.05) is 17.2 Å². The molecule has 0 bridgehead atoms. The Kier molecular flexibility index (Phi) is 7.87. The summed E-state index contributed by atoms with van der Waals surface area (Å²) in [6.07, 6.45) is 1.46. The summed E-state index contributed by atoms with van der Waals surface area (Å²) in [7, 11) is 0. The first-order valence-electron chi connectivity index (χ1n) is 8.60. The summed E-state index contributed by atoms with van der Waals surface area (Å²) in [5, 5.41) is 14.1. The average molecular weight is 390 g/mol. The largest absolute Gasteiger partial charge is 0.456 e. The summed E-state index contributed by atoms with van der Waals surface area (Å²) in [5.74, 6) is -1.17. The van der Waals surface area contributed by atoms with E-state index in [1.165, 1.54) is 16.9 Å². The lowest BCUT2D eigenvalue weighted by molar-refractivity contribution is -0.147. The van der Waals surface area contributed by atoms with Gasteiger partial charge in [0, 0.05) is 18.5 Å². The molecule has 0 atom stereocenters. The van der Waals surface area contributed by atoms with Gasteiger partial charge in [0.25, 0.3) is 5.91 Å². The monoisotopic (exact) mass is 390 g/mol. The minimum absolute atomic E-state index is 0.0566. The van der Waals surface area contributed by atoms with Crippen LogP contribution in [0, 0.1) is 6.92 Å². The highest BCUT2D eigenvalue weighted by molar-refractivity contribution is 7.15. The molecule has 0 aliphatic heterocycles. The molecule has 9 heteroatoms. The molecule has 1 aromatic carbocycles. The van der Waals surface area contributed by atoms with Crippen molar-refractivity contribution in [3.05, 3.63) is 34.8 Å². The van der Waals surface area contributed by atoms with Crippen molar-refractivity contribution < 1.29 is 19.1 Å². The van der Waals surface area contributed by atoms with Crippen LogP contribution in [0.15, 0.2) is 24.3 Å². The fourth-order valence-corrected chi connectivity index (χ4v) is 2.77. The molecule has 0 fully saturated rings. The quantitative estimate of drug-likeness (QED) is 0.637. The van der Waals surface area contributed by atoms with Crippen LogP contribution >= 0.6 is 11.3 Å². The number of amides is 2. The molecule has 144 valence electrons. The first-order chi connectivity index (χ1) is 13.0. The fourth-order valence-electron chi connectivity index (χ4n) is 2.16. The number of aryl methyl sites for hydroxylation is 2. The summed E-state index contributed by atoms with van der Waals surface area (Å²) < 4.78 is 4.92. The maximum Gasteiger partial charge on any atom is 0.306 e. The van der Waals surface area contributed by atoms with Crippen molar-refractivity contribution in [1.29, 1.82) is 0 Å². The summed E-state index contributed by atoms with van der Waals surface area (Å²) in [4.78, 5) is 35.2. The van der Waals surface area contributed by atoms with E-state index >= 15 is 0 Å². The van der Waals surface area contributed by atoms with Gasteiger partial charge in [-0.15, -0.1) is 10.2 Å². The molecule has 0 saturated carbocycles. The molecule has 1 aromatic heterocycles. The molecule has 27 heavy (non-hydrogen) atoms. The number of hydrogen-bond donors (Lipinski definition) is 2. The van der Waals surface area contributed by atoms with Gasteiger partial charge in [-0.25, -0.2) is 0 Å². The van der Waals surface area contributed by atoms with Crippen LogP contribution in [0.3, 0.4) is 0 Å². The Morgan fingerprint density at radius 2 is 1.78 bits per heavy atom. The van der Waals surface area contributed by atoms with E-state index in [4.69, 9.17) is 4.74 Å². The van der Waals surface area contributed by atoms with Gasteiger partial charge in [-0.3, -0.25) is 14.4 Å². The molecule has 0 unspecified atom stereocenters. The number of esters is 1. The zero-order valence-corrected chi connectivity index (χ0v) is 16.1. The molecule has 0 aliphatic carbocycles. The molecule has 2 amide bonds. The minimum Gasteiger partial charge on any atom is -0.456 e. The van der Waals surface area contributed by atoms with Crippen LogP contribution in [0.4, 0.5) is 10.8 Å². The summed E-state index contributed by atoms with van der Waals surface area (Å²) in [6, 6.07) is 7.46. The molecule has 2 aromatic rings. The molecule has 0 saturated heterocycles.